The molecule has 0 spiro atoms. The van der Waals surface area contributed by atoms with Crippen molar-refractivity contribution in [1.82, 2.24) is 14.8 Å². The highest BCUT2D eigenvalue weighted by Gasteiger charge is 2.23. The van der Waals surface area contributed by atoms with Crippen LogP contribution in [0.1, 0.15) is 36.5 Å². The number of rotatable bonds is 7. The first kappa shape index (κ1) is 23.6. The Bertz CT molecular complexity index is 1080. The molecule has 1 aromatic heterocycles. The molecule has 6 heteroatoms. The average Bonchev–Trinajstić information content (AvgIpc) is 3.09. The molecule has 6 nitrogen and oxygen atoms in total. The van der Waals surface area contributed by atoms with E-state index in [0.717, 1.165) is 63.5 Å². The van der Waals surface area contributed by atoms with Gasteiger partial charge in [0, 0.05) is 50.5 Å². The van der Waals surface area contributed by atoms with E-state index >= 15 is 0 Å². The number of hydrogen-bond donors (Lipinski definition) is 1. The minimum Gasteiger partial charge on any atom is -0.508 e. The number of phenols is 1. The van der Waals surface area contributed by atoms with Crippen molar-refractivity contribution in [2.45, 2.75) is 51.4 Å². The lowest BCUT2D eigenvalue weighted by Gasteiger charge is -2.32. The van der Waals surface area contributed by atoms with E-state index in [1.807, 2.05) is 24.3 Å². The number of piperidine rings is 1. The van der Waals surface area contributed by atoms with Gasteiger partial charge in [0.1, 0.15) is 30.0 Å². The molecule has 35 heavy (non-hydrogen) atoms. The summed E-state index contributed by atoms with van der Waals surface area (Å²) in [6, 6.07) is 18.5. The fraction of sp³-hybridized carbons (Fsp3) is 0.414. The van der Waals surface area contributed by atoms with Gasteiger partial charge in [0.2, 0.25) is 0 Å². The molecule has 1 fully saturated rings. The Morgan fingerprint density at radius 1 is 1.06 bits per heavy atom. The predicted octanol–water partition coefficient (Wildman–Crippen LogP) is 4.66. The zero-order valence-corrected chi connectivity index (χ0v) is 20.5. The topological polar surface area (TPSA) is 58.1 Å². The van der Waals surface area contributed by atoms with Gasteiger partial charge < -0.3 is 14.6 Å². The Hall–Kier alpha value is -3.09. The molecule has 0 amide bonds. The number of hydrogen-bond acceptors (Lipinski definition) is 6. The largest absolute Gasteiger partial charge is 0.508 e. The second-order valence-corrected chi connectivity index (χ2v) is 9.76. The van der Waals surface area contributed by atoms with E-state index in [1.165, 1.54) is 16.7 Å². The second kappa shape index (κ2) is 11.1. The van der Waals surface area contributed by atoms with Gasteiger partial charge in [0.05, 0.1) is 6.20 Å². The average molecular weight is 474 g/mol. The zero-order valence-electron chi connectivity index (χ0n) is 20.5. The van der Waals surface area contributed by atoms with Crippen LogP contribution in [-0.2, 0) is 19.5 Å². The molecule has 0 unspecified atom stereocenters. The minimum absolute atomic E-state index is 0.263. The van der Waals surface area contributed by atoms with Crippen LogP contribution >= 0.6 is 0 Å². The summed E-state index contributed by atoms with van der Waals surface area (Å²) in [5, 5.41) is 9.56. The number of pyridine rings is 1. The summed E-state index contributed by atoms with van der Waals surface area (Å²) in [4.78, 5) is 9.17. The molecule has 1 atom stereocenters. The quantitative estimate of drug-likeness (QED) is 0.539. The number of fused-ring (bicyclic) bond motifs is 1. The molecular weight excluding hydrogens is 438 g/mol. The van der Waals surface area contributed by atoms with Crippen LogP contribution < -0.4 is 9.47 Å². The number of ether oxygens (including phenoxy) is 2. The van der Waals surface area contributed by atoms with E-state index in [-0.39, 0.29) is 6.10 Å². The predicted molar refractivity (Wildman–Crippen MR) is 137 cm³/mol. The Labute approximate surface area is 208 Å². The number of nitrogens with zero attached hydrogens (tertiary/aromatic N) is 3. The summed E-state index contributed by atoms with van der Waals surface area (Å²) in [5.41, 5.74) is 3.85. The highest BCUT2D eigenvalue weighted by atomic mass is 16.5. The highest BCUT2D eigenvalue weighted by Crippen LogP contribution is 2.27. The molecule has 2 aliphatic heterocycles. The molecule has 1 saturated heterocycles. The maximum Gasteiger partial charge on any atom is 0.137 e. The van der Waals surface area contributed by atoms with Crippen LogP contribution in [0.4, 0.5) is 0 Å². The maximum absolute atomic E-state index is 9.56. The molecule has 3 heterocycles. The molecule has 184 valence electrons. The summed E-state index contributed by atoms with van der Waals surface area (Å²) in [7, 11) is 0. The first-order chi connectivity index (χ1) is 17.1. The van der Waals surface area contributed by atoms with Crippen molar-refractivity contribution < 1.29 is 14.6 Å². The van der Waals surface area contributed by atoms with E-state index in [2.05, 4.69) is 39.9 Å². The normalized spacial score (nSPS) is 18.3. The number of benzene rings is 2. The van der Waals surface area contributed by atoms with Gasteiger partial charge in [-0.05, 0) is 73.7 Å². The SMILES string of the molecule is C[C@H](Cc1ccc(O)cc1)N1CCOc2ccc(CN3CCC(Oc4cccnc4)CC3)cc2C1. The highest BCUT2D eigenvalue weighted by molar-refractivity contribution is 5.38. The van der Waals surface area contributed by atoms with Crippen LogP contribution in [0.25, 0.3) is 0 Å². The van der Waals surface area contributed by atoms with Gasteiger partial charge in [0.15, 0.2) is 0 Å². The third-order valence-electron chi connectivity index (χ3n) is 7.10. The molecule has 2 aromatic carbocycles. The number of aromatic hydroxyl groups is 1. The van der Waals surface area contributed by atoms with Crippen molar-refractivity contribution in [3.05, 3.63) is 83.7 Å². The van der Waals surface area contributed by atoms with Crippen molar-refractivity contribution in [3.63, 3.8) is 0 Å². The first-order valence-electron chi connectivity index (χ1n) is 12.7. The van der Waals surface area contributed by atoms with Crippen LogP contribution in [0.3, 0.4) is 0 Å². The standard InChI is InChI=1S/C29H35N3O3/c1-22(17-23-4-7-26(33)8-5-23)32-15-16-34-29-9-6-24(18-25(29)21-32)20-31-13-10-27(11-14-31)35-28-3-2-12-30-19-28/h2-9,12,18-19,22,27,33H,10-11,13-17,20-21H2,1H3/t22-/m1/s1. The molecule has 5 rings (SSSR count). The van der Waals surface area contributed by atoms with Crippen molar-refractivity contribution in [1.29, 1.82) is 0 Å². The van der Waals surface area contributed by atoms with Crippen molar-refractivity contribution in [2.75, 3.05) is 26.2 Å². The molecule has 0 aliphatic carbocycles. The lowest BCUT2D eigenvalue weighted by molar-refractivity contribution is 0.0965. The molecular formula is C29H35N3O3. The van der Waals surface area contributed by atoms with Crippen LogP contribution in [0, 0.1) is 0 Å². The monoisotopic (exact) mass is 473 g/mol. The summed E-state index contributed by atoms with van der Waals surface area (Å²) >= 11 is 0. The fourth-order valence-electron chi connectivity index (χ4n) is 5.10. The molecule has 0 bridgehead atoms. The summed E-state index contributed by atoms with van der Waals surface area (Å²) in [5.74, 6) is 2.19. The van der Waals surface area contributed by atoms with Gasteiger partial charge in [-0.1, -0.05) is 18.2 Å². The van der Waals surface area contributed by atoms with E-state index in [4.69, 9.17) is 9.47 Å². The van der Waals surface area contributed by atoms with E-state index < -0.39 is 0 Å². The van der Waals surface area contributed by atoms with Gasteiger partial charge in [0.25, 0.3) is 0 Å². The molecule has 0 radical (unpaired) electrons. The van der Waals surface area contributed by atoms with Crippen LogP contribution in [0.5, 0.6) is 17.2 Å². The Kier molecular flexibility index (Phi) is 7.50. The van der Waals surface area contributed by atoms with Crippen LogP contribution in [0.2, 0.25) is 0 Å². The second-order valence-electron chi connectivity index (χ2n) is 9.76. The number of likely N-dealkylation sites (tertiary alicyclic amines) is 1. The van der Waals surface area contributed by atoms with Crippen LogP contribution in [-0.4, -0.2) is 58.3 Å². The fourth-order valence-corrected chi connectivity index (χ4v) is 5.10. The van der Waals surface area contributed by atoms with Crippen LogP contribution in [0.15, 0.2) is 67.0 Å². The molecule has 1 N–H and O–H groups in total. The van der Waals surface area contributed by atoms with Gasteiger partial charge in [-0.25, -0.2) is 0 Å². The third kappa shape index (κ3) is 6.32. The van der Waals surface area contributed by atoms with Crippen molar-refractivity contribution >= 4 is 0 Å². The summed E-state index contributed by atoms with van der Waals surface area (Å²) in [6.45, 7) is 7.81. The zero-order chi connectivity index (χ0) is 24.0. The Balaban J connectivity index is 1.17. The smallest absolute Gasteiger partial charge is 0.137 e. The lowest BCUT2D eigenvalue weighted by Crippen LogP contribution is -2.37. The van der Waals surface area contributed by atoms with E-state index in [1.54, 1.807) is 24.5 Å². The van der Waals surface area contributed by atoms with Gasteiger partial charge in [-0.3, -0.25) is 14.8 Å². The maximum atomic E-state index is 9.56. The summed E-state index contributed by atoms with van der Waals surface area (Å²) in [6.07, 6.45) is 6.84. The summed E-state index contributed by atoms with van der Waals surface area (Å²) < 4.78 is 12.2. The van der Waals surface area contributed by atoms with Crippen molar-refractivity contribution in [3.8, 4) is 17.2 Å². The Morgan fingerprint density at radius 3 is 2.63 bits per heavy atom. The van der Waals surface area contributed by atoms with Gasteiger partial charge in [-0.15, -0.1) is 0 Å². The molecule has 0 saturated carbocycles. The Morgan fingerprint density at radius 2 is 1.86 bits per heavy atom. The lowest BCUT2D eigenvalue weighted by atomic mass is 10.0. The minimum atomic E-state index is 0.263. The van der Waals surface area contributed by atoms with Crippen molar-refractivity contribution in [2.24, 2.45) is 0 Å². The third-order valence-corrected chi connectivity index (χ3v) is 7.10. The van der Waals surface area contributed by atoms with E-state index in [9.17, 15) is 5.11 Å². The van der Waals surface area contributed by atoms with E-state index in [0.29, 0.717) is 18.4 Å². The molecule has 2 aliphatic rings. The number of phenolic OH excluding ortho intramolecular Hbond substituents is 1. The van der Waals surface area contributed by atoms with Gasteiger partial charge >= 0.3 is 0 Å². The first-order valence-corrected chi connectivity index (χ1v) is 12.7. The number of aromatic nitrogens is 1. The molecule has 3 aromatic rings. The van der Waals surface area contributed by atoms with Gasteiger partial charge in [-0.2, -0.15) is 0 Å².